The molecule has 4 aliphatic carbocycles. The van der Waals surface area contributed by atoms with Crippen molar-refractivity contribution in [2.24, 2.45) is 39.4 Å². The topological polar surface area (TPSA) is 17.1 Å². The highest BCUT2D eigenvalue weighted by Crippen LogP contribution is 2.68. The van der Waals surface area contributed by atoms with Crippen molar-refractivity contribution in [3.8, 4) is 0 Å². The van der Waals surface area contributed by atoms with Crippen LogP contribution in [-0.4, -0.2) is 5.78 Å². The molecule has 5 atom stereocenters. The number of Topliss-reactive ketones (excluding diaryl/α,β-unsaturated/α-hetero) is 1. The lowest BCUT2D eigenvalue weighted by Gasteiger charge is -2.35. The molecule has 1 heteroatoms. The highest BCUT2D eigenvalue weighted by Gasteiger charge is 2.67. The molecular weight excluding hydrogens is 364 g/mol. The van der Waals surface area contributed by atoms with E-state index in [2.05, 4.69) is 71.9 Å². The normalized spacial score (nSPS) is 41.9. The van der Waals surface area contributed by atoms with Crippen LogP contribution < -0.4 is 0 Å². The highest BCUT2D eigenvalue weighted by atomic mass is 16.1. The molecule has 0 N–H and O–H groups in total. The van der Waals surface area contributed by atoms with E-state index >= 15 is 0 Å². The first-order valence-electron chi connectivity index (χ1n) is 12.4. The van der Waals surface area contributed by atoms with E-state index in [1.165, 1.54) is 36.8 Å². The zero-order valence-electron chi connectivity index (χ0n) is 20.0. The second-order valence-electron chi connectivity index (χ2n) is 12.5. The molecule has 0 heterocycles. The van der Waals surface area contributed by atoms with Gasteiger partial charge in [0.15, 0.2) is 0 Å². The molecule has 0 saturated heterocycles. The summed E-state index contributed by atoms with van der Waals surface area (Å²) in [7, 11) is 0. The summed E-state index contributed by atoms with van der Waals surface area (Å²) in [6, 6.07) is 9.17. The zero-order valence-corrected chi connectivity index (χ0v) is 20.0. The predicted octanol–water partition coefficient (Wildman–Crippen LogP) is 7.49. The van der Waals surface area contributed by atoms with Crippen LogP contribution in [-0.2, 0) is 11.2 Å². The maximum atomic E-state index is 13.4. The fourth-order valence-electron chi connectivity index (χ4n) is 8.64. The summed E-state index contributed by atoms with van der Waals surface area (Å²) < 4.78 is 0. The van der Waals surface area contributed by atoms with Gasteiger partial charge in [-0.15, -0.1) is 0 Å². The molecule has 0 aromatic heterocycles. The average molecular weight is 405 g/mol. The summed E-state index contributed by atoms with van der Waals surface area (Å²) in [6.45, 7) is 14.4. The first kappa shape index (κ1) is 20.5. The number of allylic oxidation sites excluding steroid dienone is 1. The van der Waals surface area contributed by atoms with E-state index in [4.69, 9.17) is 0 Å². The van der Waals surface area contributed by atoms with Crippen LogP contribution in [0.3, 0.4) is 0 Å². The molecule has 4 saturated carbocycles. The monoisotopic (exact) mass is 404 g/mol. The van der Waals surface area contributed by atoms with Crippen molar-refractivity contribution in [1.82, 2.24) is 0 Å². The largest absolute Gasteiger partial charge is 0.299 e. The molecule has 5 rings (SSSR count). The number of benzene rings is 1. The molecule has 4 fully saturated rings. The molecule has 0 spiro atoms. The van der Waals surface area contributed by atoms with Gasteiger partial charge in [-0.1, -0.05) is 77.5 Å². The molecule has 0 radical (unpaired) electrons. The molecule has 4 bridgehead atoms. The van der Waals surface area contributed by atoms with Crippen LogP contribution in [0.25, 0.3) is 6.08 Å². The minimum absolute atomic E-state index is 0.0581. The van der Waals surface area contributed by atoms with Crippen molar-refractivity contribution in [3.63, 3.8) is 0 Å². The number of rotatable bonds is 4. The van der Waals surface area contributed by atoms with Gasteiger partial charge in [-0.2, -0.15) is 0 Å². The van der Waals surface area contributed by atoms with Crippen molar-refractivity contribution in [1.29, 1.82) is 0 Å². The van der Waals surface area contributed by atoms with Gasteiger partial charge in [0.2, 0.25) is 0 Å². The van der Waals surface area contributed by atoms with Gasteiger partial charge in [-0.25, -0.2) is 0 Å². The van der Waals surface area contributed by atoms with Crippen molar-refractivity contribution >= 4 is 11.9 Å². The minimum Gasteiger partial charge on any atom is -0.299 e. The standard InChI is InChI=1S/C29H40O/c1-7-29-15-13-24(27(29,4)5)22(25(29)30)17-20-10-8-19(9-11-20)16-21-18-28(6)14-12-23(21)26(28,2)3/h8-11,16,22-24H,7,12-15,17-18H2,1-6H3/b21-16+. The van der Waals surface area contributed by atoms with Crippen molar-refractivity contribution in [2.45, 2.75) is 86.5 Å². The summed E-state index contributed by atoms with van der Waals surface area (Å²) in [5, 5.41) is 0. The third kappa shape index (κ3) is 2.44. The molecule has 1 aromatic carbocycles. The quantitative estimate of drug-likeness (QED) is 0.508. The number of carbonyl (C=O) groups excluding carboxylic acids is 1. The Morgan fingerprint density at radius 2 is 1.67 bits per heavy atom. The van der Waals surface area contributed by atoms with Crippen LogP contribution in [0.15, 0.2) is 29.8 Å². The Kier molecular flexibility index (Phi) is 4.33. The number of hydrogen-bond acceptors (Lipinski definition) is 1. The number of ketones is 1. The van der Waals surface area contributed by atoms with Crippen molar-refractivity contribution < 1.29 is 4.79 Å². The van der Waals surface area contributed by atoms with Crippen molar-refractivity contribution in [3.05, 3.63) is 41.0 Å². The third-order valence-corrected chi connectivity index (χ3v) is 11.2. The van der Waals surface area contributed by atoms with E-state index in [9.17, 15) is 4.79 Å². The summed E-state index contributed by atoms with van der Waals surface area (Å²) in [4.78, 5) is 13.4. The Morgan fingerprint density at radius 3 is 2.20 bits per heavy atom. The van der Waals surface area contributed by atoms with Crippen LogP contribution in [0.5, 0.6) is 0 Å². The molecule has 0 amide bonds. The lowest BCUT2D eigenvalue weighted by atomic mass is 9.67. The van der Waals surface area contributed by atoms with Crippen LogP contribution in [0.2, 0.25) is 0 Å². The van der Waals surface area contributed by atoms with Crippen LogP contribution in [0.1, 0.15) is 91.2 Å². The second-order valence-corrected chi connectivity index (χ2v) is 12.5. The first-order valence-corrected chi connectivity index (χ1v) is 12.4. The Bertz CT molecular complexity index is 898. The van der Waals surface area contributed by atoms with E-state index in [1.807, 2.05) is 0 Å². The van der Waals surface area contributed by atoms with Gasteiger partial charge in [0.1, 0.15) is 5.78 Å². The predicted molar refractivity (Wildman–Crippen MR) is 125 cm³/mol. The van der Waals surface area contributed by atoms with E-state index in [-0.39, 0.29) is 16.7 Å². The summed E-state index contributed by atoms with van der Waals surface area (Å²) in [5.74, 6) is 2.10. The van der Waals surface area contributed by atoms with Gasteiger partial charge in [-0.05, 0) is 84.2 Å². The zero-order chi connectivity index (χ0) is 21.5. The molecule has 5 unspecified atom stereocenters. The minimum atomic E-state index is -0.0581. The van der Waals surface area contributed by atoms with E-state index in [0.717, 1.165) is 25.2 Å². The second kappa shape index (κ2) is 6.33. The summed E-state index contributed by atoms with van der Waals surface area (Å²) in [5.41, 5.74) is 5.36. The Morgan fingerprint density at radius 1 is 0.967 bits per heavy atom. The van der Waals surface area contributed by atoms with Gasteiger partial charge < -0.3 is 0 Å². The van der Waals surface area contributed by atoms with Crippen molar-refractivity contribution in [2.75, 3.05) is 0 Å². The van der Waals surface area contributed by atoms with Gasteiger partial charge in [-0.3, -0.25) is 4.79 Å². The molecule has 0 aliphatic heterocycles. The number of fused-ring (bicyclic) bond motifs is 4. The van der Waals surface area contributed by atoms with Gasteiger partial charge >= 0.3 is 0 Å². The van der Waals surface area contributed by atoms with Crippen LogP contribution in [0, 0.1) is 39.4 Å². The van der Waals surface area contributed by atoms with E-state index in [1.54, 1.807) is 5.57 Å². The van der Waals surface area contributed by atoms with Crippen LogP contribution in [0.4, 0.5) is 0 Å². The Labute approximate surface area is 183 Å². The summed E-state index contributed by atoms with van der Waals surface area (Å²) >= 11 is 0. The summed E-state index contributed by atoms with van der Waals surface area (Å²) in [6.07, 6.45) is 10.8. The fraction of sp³-hybridized carbons (Fsp3) is 0.690. The lowest BCUT2D eigenvalue weighted by Crippen LogP contribution is -2.36. The van der Waals surface area contributed by atoms with E-state index < -0.39 is 0 Å². The maximum absolute atomic E-state index is 13.4. The molecule has 1 nitrogen and oxygen atoms in total. The third-order valence-electron chi connectivity index (χ3n) is 11.2. The molecular formula is C29H40O. The number of carbonyl (C=O) groups is 1. The Balaban J connectivity index is 1.33. The molecule has 1 aromatic rings. The first-order chi connectivity index (χ1) is 14.1. The molecule has 162 valence electrons. The maximum Gasteiger partial charge on any atom is 0.143 e. The molecule has 4 aliphatic rings. The molecule has 30 heavy (non-hydrogen) atoms. The fourth-order valence-corrected chi connectivity index (χ4v) is 8.64. The van der Waals surface area contributed by atoms with Gasteiger partial charge in [0.05, 0.1) is 0 Å². The SMILES string of the molecule is CCC12CCC(C(Cc3ccc(/C=C4\CC5(C)CCC4C5(C)C)cc3)C1=O)C2(C)C. The van der Waals surface area contributed by atoms with Crippen LogP contribution >= 0.6 is 0 Å². The number of hydrogen-bond donors (Lipinski definition) is 0. The lowest BCUT2D eigenvalue weighted by molar-refractivity contribution is -0.132. The Hall–Kier alpha value is -1.37. The average Bonchev–Trinajstić information content (AvgIpc) is 3.22. The van der Waals surface area contributed by atoms with Gasteiger partial charge in [0, 0.05) is 11.3 Å². The van der Waals surface area contributed by atoms with Gasteiger partial charge in [0.25, 0.3) is 0 Å². The van der Waals surface area contributed by atoms with E-state index in [0.29, 0.717) is 22.5 Å². The smallest absolute Gasteiger partial charge is 0.143 e. The highest BCUT2D eigenvalue weighted by molar-refractivity contribution is 5.92.